The molecule has 78 valence electrons. The van der Waals surface area contributed by atoms with Crippen LogP contribution in [0.15, 0.2) is 24.3 Å². The van der Waals surface area contributed by atoms with Gasteiger partial charge in [0.2, 0.25) is 0 Å². The van der Waals surface area contributed by atoms with Crippen LogP contribution in [0.5, 0.6) is 0 Å². The van der Waals surface area contributed by atoms with Gasteiger partial charge >= 0.3 is 0 Å². The Bertz CT molecular complexity index is 290. The van der Waals surface area contributed by atoms with Gasteiger partial charge < -0.3 is 0 Å². The van der Waals surface area contributed by atoms with Crippen LogP contribution in [0.1, 0.15) is 18.5 Å². The summed E-state index contributed by atoms with van der Waals surface area (Å²) in [7, 11) is 2.10. The highest BCUT2D eigenvalue weighted by Crippen LogP contribution is 2.21. The van der Waals surface area contributed by atoms with Crippen LogP contribution in [0.25, 0.3) is 0 Å². The van der Waals surface area contributed by atoms with Crippen molar-refractivity contribution in [2.75, 3.05) is 19.3 Å². The zero-order chi connectivity index (χ0) is 10.6. The summed E-state index contributed by atoms with van der Waals surface area (Å²) in [5.74, 6) is 0.876. The molecule has 14 heavy (non-hydrogen) atoms. The van der Waals surface area contributed by atoms with Crippen molar-refractivity contribution in [2.45, 2.75) is 13.0 Å². The molecule has 0 spiro atoms. The molecule has 0 aliphatic heterocycles. The minimum absolute atomic E-state index is 0.390. The molecule has 3 heteroatoms. The van der Waals surface area contributed by atoms with E-state index in [2.05, 4.69) is 37.6 Å². The maximum Gasteiger partial charge on any atom is 0.0409 e. The summed E-state index contributed by atoms with van der Waals surface area (Å²) in [6.07, 6.45) is 0. The number of thiol groups is 1. The third-order valence-electron chi connectivity index (χ3n) is 2.44. The van der Waals surface area contributed by atoms with Gasteiger partial charge in [0.1, 0.15) is 0 Å². The fourth-order valence-electron chi connectivity index (χ4n) is 1.37. The monoisotopic (exact) mass is 229 g/mol. The van der Waals surface area contributed by atoms with Crippen LogP contribution >= 0.6 is 24.2 Å². The molecule has 0 heterocycles. The average molecular weight is 230 g/mol. The van der Waals surface area contributed by atoms with Crippen molar-refractivity contribution in [1.29, 1.82) is 0 Å². The zero-order valence-corrected chi connectivity index (χ0v) is 10.2. The fourth-order valence-corrected chi connectivity index (χ4v) is 1.89. The molecule has 1 nitrogen and oxygen atoms in total. The summed E-state index contributed by atoms with van der Waals surface area (Å²) in [5.41, 5.74) is 1.25. The summed E-state index contributed by atoms with van der Waals surface area (Å²) in [6, 6.07) is 8.40. The van der Waals surface area contributed by atoms with Gasteiger partial charge in [-0.3, -0.25) is 4.90 Å². The molecule has 0 aliphatic carbocycles. The zero-order valence-electron chi connectivity index (χ0n) is 8.57. The Morgan fingerprint density at radius 2 is 2.21 bits per heavy atom. The van der Waals surface area contributed by atoms with Gasteiger partial charge in [0, 0.05) is 23.4 Å². The predicted molar refractivity (Wildman–Crippen MR) is 66.4 cm³/mol. The molecule has 1 unspecified atom stereocenters. The van der Waals surface area contributed by atoms with Crippen molar-refractivity contribution < 1.29 is 0 Å². The van der Waals surface area contributed by atoms with Crippen LogP contribution in [-0.4, -0.2) is 24.2 Å². The molecule has 0 N–H and O–H groups in total. The number of halogens is 1. The summed E-state index contributed by atoms with van der Waals surface area (Å²) in [5, 5.41) is 0.800. The topological polar surface area (TPSA) is 3.24 Å². The van der Waals surface area contributed by atoms with Crippen LogP contribution < -0.4 is 0 Å². The third-order valence-corrected chi connectivity index (χ3v) is 2.88. The van der Waals surface area contributed by atoms with Gasteiger partial charge in [-0.2, -0.15) is 12.6 Å². The molecule has 0 saturated heterocycles. The van der Waals surface area contributed by atoms with Crippen molar-refractivity contribution in [3.63, 3.8) is 0 Å². The van der Waals surface area contributed by atoms with Crippen molar-refractivity contribution in [1.82, 2.24) is 4.90 Å². The molecule has 0 amide bonds. The van der Waals surface area contributed by atoms with Gasteiger partial charge in [0.25, 0.3) is 0 Å². The van der Waals surface area contributed by atoms with E-state index in [-0.39, 0.29) is 0 Å². The standard InChI is InChI=1S/C11H16ClNS/c1-9(13(2)6-7-14)10-4-3-5-11(12)8-10/h3-5,8-9,14H,6-7H2,1-2H3. The first-order valence-corrected chi connectivity index (χ1v) is 5.72. The van der Waals surface area contributed by atoms with Crippen molar-refractivity contribution in [2.24, 2.45) is 0 Å². The molecular weight excluding hydrogens is 214 g/mol. The maximum atomic E-state index is 5.94. The van der Waals surface area contributed by atoms with Crippen molar-refractivity contribution in [3.05, 3.63) is 34.9 Å². The van der Waals surface area contributed by atoms with E-state index in [9.17, 15) is 0 Å². The van der Waals surface area contributed by atoms with Crippen LogP contribution in [0.2, 0.25) is 5.02 Å². The van der Waals surface area contributed by atoms with E-state index in [0.717, 1.165) is 17.3 Å². The molecule has 0 radical (unpaired) electrons. The first kappa shape index (κ1) is 11.9. The number of benzene rings is 1. The van der Waals surface area contributed by atoms with Crippen molar-refractivity contribution in [3.8, 4) is 0 Å². The average Bonchev–Trinajstić information content (AvgIpc) is 2.17. The second-order valence-corrected chi connectivity index (χ2v) is 4.32. The lowest BCUT2D eigenvalue weighted by Gasteiger charge is -2.24. The first-order chi connectivity index (χ1) is 6.65. The Hall–Kier alpha value is -0.180. The van der Waals surface area contributed by atoms with E-state index in [4.69, 9.17) is 11.6 Å². The number of hydrogen-bond donors (Lipinski definition) is 1. The SMILES string of the molecule is CC(c1cccc(Cl)c1)N(C)CCS. The summed E-state index contributed by atoms with van der Waals surface area (Å²) >= 11 is 10.2. The van der Waals surface area contributed by atoms with Gasteiger partial charge in [-0.15, -0.1) is 0 Å². The van der Waals surface area contributed by atoms with Gasteiger partial charge in [-0.05, 0) is 31.7 Å². The third kappa shape index (κ3) is 3.19. The minimum Gasteiger partial charge on any atom is -0.299 e. The Morgan fingerprint density at radius 1 is 1.50 bits per heavy atom. The highest BCUT2D eigenvalue weighted by atomic mass is 35.5. The van der Waals surface area contributed by atoms with Gasteiger partial charge in [0.05, 0.1) is 0 Å². The largest absolute Gasteiger partial charge is 0.299 e. The minimum atomic E-state index is 0.390. The first-order valence-electron chi connectivity index (χ1n) is 4.71. The fraction of sp³-hybridized carbons (Fsp3) is 0.455. The number of hydrogen-bond acceptors (Lipinski definition) is 2. The molecule has 0 aromatic heterocycles. The maximum absolute atomic E-state index is 5.94. The molecule has 1 rings (SSSR count). The van der Waals surface area contributed by atoms with Gasteiger partial charge in [0.15, 0.2) is 0 Å². The molecule has 1 aromatic rings. The van der Waals surface area contributed by atoms with E-state index >= 15 is 0 Å². The second kappa shape index (κ2) is 5.64. The predicted octanol–water partition coefficient (Wildman–Crippen LogP) is 3.26. The lowest BCUT2D eigenvalue weighted by Crippen LogP contribution is -2.24. The second-order valence-electron chi connectivity index (χ2n) is 3.44. The van der Waals surface area contributed by atoms with E-state index in [1.54, 1.807) is 0 Å². The Labute approximate surface area is 96.5 Å². The quantitative estimate of drug-likeness (QED) is 0.776. The normalized spacial score (nSPS) is 13.2. The number of nitrogens with zero attached hydrogens (tertiary/aromatic N) is 1. The highest BCUT2D eigenvalue weighted by Gasteiger charge is 2.10. The van der Waals surface area contributed by atoms with E-state index in [1.165, 1.54) is 5.56 Å². The molecule has 0 saturated carbocycles. The summed E-state index contributed by atoms with van der Waals surface area (Å²) in [6.45, 7) is 3.16. The Morgan fingerprint density at radius 3 is 2.79 bits per heavy atom. The van der Waals surface area contributed by atoms with Crippen LogP contribution in [0.4, 0.5) is 0 Å². The van der Waals surface area contributed by atoms with Gasteiger partial charge in [-0.25, -0.2) is 0 Å². The van der Waals surface area contributed by atoms with Crippen molar-refractivity contribution >= 4 is 24.2 Å². The lowest BCUT2D eigenvalue weighted by atomic mass is 10.1. The van der Waals surface area contributed by atoms with E-state index in [0.29, 0.717) is 6.04 Å². The molecule has 0 aliphatic rings. The van der Waals surface area contributed by atoms with Crippen LogP contribution in [-0.2, 0) is 0 Å². The van der Waals surface area contributed by atoms with Crippen LogP contribution in [0.3, 0.4) is 0 Å². The smallest absolute Gasteiger partial charge is 0.0409 e. The highest BCUT2D eigenvalue weighted by molar-refractivity contribution is 7.80. The van der Waals surface area contributed by atoms with Gasteiger partial charge in [-0.1, -0.05) is 23.7 Å². The molecular formula is C11H16ClNS. The molecule has 1 aromatic carbocycles. The summed E-state index contributed by atoms with van der Waals surface area (Å²) < 4.78 is 0. The molecule has 1 atom stereocenters. The number of rotatable bonds is 4. The summed E-state index contributed by atoms with van der Waals surface area (Å²) in [4.78, 5) is 2.26. The molecule has 0 bridgehead atoms. The molecule has 0 fully saturated rings. The lowest BCUT2D eigenvalue weighted by molar-refractivity contribution is 0.278. The van der Waals surface area contributed by atoms with Crippen LogP contribution in [0, 0.1) is 0 Å². The van der Waals surface area contributed by atoms with E-state index in [1.807, 2.05) is 18.2 Å². The van der Waals surface area contributed by atoms with E-state index < -0.39 is 0 Å². The Balaban J connectivity index is 2.73. The Kier molecular flexibility index (Phi) is 4.79.